The van der Waals surface area contributed by atoms with Crippen molar-refractivity contribution >= 4 is 6.48 Å². The van der Waals surface area contributed by atoms with E-state index in [2.05, 4.69) is 119 Å². The molecule has 0 aromatic heterocycles. The summed E-state index contributed by atoms with van der Waals surface area (Å²) < 4.78 is 5.26. The predicted octanol–water partition coefficient (Wildman–Crippen LogP) is 2.97. The van der Waals surface area contributed by atoms with E-state index in [1.807, 2.05) is 3.28 Å². The van der Waals surface area contributed by atoms with Crippen molar-refractivity contribution in [2.24, 2.45) is 5.41 Å². The van der Waals surface area contributed by atoms with Crippen molar-refractivity contribution in [3.05, 3.63) is 73.6 Å². The minimum absolute atomic E-state index is 0. The minimum atomic E-state index is -2.25. The summed E-state index contributed by atoms with van der Waals surface area (Å²) in [6, 6.07) is 12.5. The zero-order valence-corrected chi connectivity index (χ0v) is 28.9. The molecule has 2 aliphatic carbocycles. The van der Waals surface area contributed by atoms with Crippen molar-refractivity contribution in [1.82, 2.24) is 0 Å². The van der Waals surface area contributed by atoms with Crippen molar-refractivity contribution < 1.29 is 46.1 Å². The monoisotopic (exact) mass is 614 g/mol. The SMILES string of the molecule is CCC(C)(C)C1=[C]([Zr+2](=[C](C)C)[c]2cc(C(C)(C)C)cc3c2Cc2ccc(C(C)(C)C)cc2-3)CC=C1.[Cl-].[Cl-]. The fourth-order valence-corrected chi connectivity index (χ4v) is 13.8. The predicted molar refractivity (Wildman–Crippen MR) is 153 cm³/mol. The number of benzene rings is 2. The van der Waals surface area contributed by atoms with Crippen LogP contribution in [-0.4, -0.2) is 3.21 Å². The Morgan fingerprint density at radius 2 is 1.41 bits per heavy atom. The van der Waals surface area contributed by atoms with Crippen molar-refractivity contribution in [3.63, 3.8) is 0 Å². The summed E-state index contributed by atoms with van der Waals surface area (Å²) in [5, 5.41) is 0. The molecular weight excluding hydrogens is 571 g/mol. The maximum absolute atomic E-state index is 2.65. The summed E-state index contributed by atoms with van der Waals surface area (Å²) in [6.07, 6.45) is 8.37. The van der Waals surface area contributed by atoms with E-state index < -0.39 is 21.3 Å². The van der Waals surface area contributed by atoms with E-state index in [1.165, 1.54) is 34.2 Å². The van der Waals surface area contributed by atoms with E-state index in [0.717, 1.165) is 12.8 Å². The normalized spacial score (nSPS) is 14.4. The average molecular weight is 617 g/mol. The molecule has 0 atom stereocenters. The van der Waals surface area contributed by atoms with Gasteiger partial charge in [-0.3, -0.25) is 0 Å². The summed E-state index contributed by atoms with van der Waals surface area (Å²) in [5.74, 6) is 0. The van der Waals surface area contributed by atoms with Crippen LogP contribution in [0.1, 0.15) is 111 Å². The van der Waals surface area contributed by atoms with Crippen LogP contribution in [0, 0.1) is 5.41 Å². The van der Waals surface area contributed by atoms with Gasteiger partial charge < -0.3 is 24.8 Å². The minimum Gasteiger partial charge on any atom is -1.00 e. The zero-order chi connectivity index (χ0) is 25.9. The molecule has 37 heavy (non-hydrogen) atoms. The van der Waals surface area contributed by atoms with Crippen LogP contribution < -0.4 is 28.1 Å². The standard InChI is InChI=1S/C21H25.C10H15.C3H6.2ClH.Zr/c1-20(2,3)16-9-7-14-11-15-8-10-17(21(4,5)6)13-19(15)18(14)12-16;1-4-10(2,3)9-7-5-6-8-9;1-3-2;;;/h7,9-10,12-13H,11H2,1-6H3;5,7H,4,6H2,1-3H3;1-2H3;2*1H;/q;;;;;+2/p-2. The third-order valence-electron chi connectivity index (χ3n) is 8.36. The van der Waals surface area contributed by atoms with Gasteiger partial charge in [0.2, 0.25) is 0 Å². The molecule has 2 aliphatic rings. The van der Waals surface area contributed by atoms with Gasteiger partial charge in [0, 0.05) is 0 Å². The topological polar surface area (TPSA) is 0 Å². The van der Waals surface area contributed by atoms with Crippen LogP contribution in [0.25, 0.3) is 11.1 Å². The molecular formula is C34H46Cl2Zr. The molecule has 0 nitrogen and oxygen atoms in total. The Morgan fingerprint density at radius 3 is 1.95 bits per heavy atom. The Hall–Kier alpha value is -0.747. The molecule has 0 spiro atoms. The third kappa shape index (κ3) is 6.21. The van der Waals surface area contributed by atoms with Crippen molar-refractivity contribution in [1.29, 1.82) is 0 Å². The summed E-state index contributed by atoms with van der Waals surface area (Å²) >= 11 is -2.25. The van der Waals surface area contributed by atoms with Gasteiger partial charge >= 0.3 is 224 Å². The summed E-state index contributed by atoms with van der Waals surface area (Å²) in [5.41, 5.74) is 11.3. The second-order valence-corrected chi connectivity index (χ2v) is 20.8. The van der Waals surface area contributed by atoms with Crippen LogP contribution in [-0.2, 0) is 38.5 Å². The van der Waals surface area contributed by atoms with Gasteiger partial charge in [-0.15, -0.1) is 0 Å². The van der Waals surface area contributed by atoms with E-state index in [9.17, 15) is 0 Å². The molecule has 0 radical (unpaired) electrons. The van der Waals surface area contributed by atoms with Gasteiger partial charge in [-0.2, -0.15) is 0 Å². The molecule has 0 aliphatic heterocycles. The molecule has 0 amide bonds. The molecule has 0 heterocycles. The summed E-state index contributed by atoms with van der Waals surface area (Å²) in [7, 11) is 0. The number of fused-ring (bicyclic) bond motifs is 3. The van der Waals surface area contributed by atoms with Crippen LogP contribution >= 0.6 is 0 Å². The van der Waals surface area contributed by atoms with Crippen LogP contribution in [0.4, 0.5) is 0 Å². The molecule has 2 aromatic rings. The fraction of sp³-hybridized carbons (Fsp3) is 0.500. The zero-order valence-electron chi connectivity index (χ0n) is 24.9. The first-order chi connectivity index (χ1) is 16.1. The van der Waals surface area contributed by atoms with Gasteiger partial charge in [0.05, 0.1) is 0 Å². The molecule has 0 saturated heterocycles. The van der Waals surface area contributed by atoms with Gasteiger partial charge in [0.15, 0.2) is 0 Å². The molecule has 0 bridgehead atoms. The van der Waals surface area contributed by atoms with Gasteiger partial charge in [0.1, 0.15) is 0 Å². The van der Waals surface area contributed by atoms with E-state index in [-0.39, 0.29) is 41.1 Å². The second-order valence-electron chi connectivity index (χ2n) is 13.7. The third-order valence-corrected chi connectivity index (χ3v) is 15.9. The maximum Gasteiger partial charge on any atom is -1.00 e. The van der Waals surface area contributed by atoms with Crippen molar-refractivity contribution in [2.45, 2.75) is 106 Å². The smallest absolute Gasteiger partial charge is 1.00 e. The van der Waals surface area contributed by atoms with Gasteiger partial charge in [-0.05, 0) is 0 Å². The molecule has 0 saturated carbocycles. The van der Waals surface area contributed by atoms with Gasteiger partial charge in [0.25, 0.3) is 0 Å². The Bertz CT molecular complexity index is 1270. The van der Waals surface area contributed by atoms with E-state index in [0.29, 0.717) is 0 Å². The Balaban J connectivity index is 0.00000241. The molecule has 0 N–H and O–H groups in total. The van der Waals surface area contributed by atoms with E-state index >= 15 is 0 Å². The first-order valence-electron chi connectivity index (χ1n) is 13.5. The molecule has 2 aromatic carbocycles. The Morgan fingerprint density at radius 1 is 0.811 bits per heavy atom. The first-order valence-corrected chi connectivity index (χ1v) is 17.2. The number of rotatable bonds is 4. The van der Waals surface area contributed by atoms with Crippen molar-refractivity contribution in [2.75, 3.05) is 0 Å². The fourth-order valence-electron chi connectivity index (χ4n) is 5.70. The largest absolute Gasteiger partial charge is 1.00 e. The average Bonchev–Trinajstić information content (AvgIpc) is 3.37. The van der Waals surface area contributed by atoms with Crippen LogP contribution in [0.2, 0.25) is 0 Å². The van der Waals surface area contributed by atoms with Gasteiger partial charge in [-0.25, -0.2) is 0 Å². The van der Waals surface area contributed by atoms with Gasteiger partial charge in [-0.1, -0.05) is 0 Å². The van der Waals surface area contributed by atoms with Crippen molar-refractivity contribution in [3.8, 4) is 11.1 Å². The van der Waals surface area contributed by atoms with Crippen LogP contribution in [0.15, 0.2) is 51.3 Å². The van der Waals surface area contributed by atoms with E-state index in [4.69, 9.17) is 0 Å². The number of allylic oxidation sites excluding steroid dienone is 4. The molecule has 200 valence electrons. The Labute approximate surface area is 247 Å². The first kappa shape index (κ1) is 32.5. The molecule has 0 fully saturated rings. The maximum atomic E-state index is 2.65. The van der Waals surface area contributed by atoms with Crippen LogP contribution in [0.3, 0.4) is 0 Å². The molecule has 3 heteroatoms. The Kier molecular flexibility index (Phi) is 10.00. The molecule has 0 unspecified atom stereocenters. The summed E-state index contributed by atoms with van der Waals surface area (Å²) in [4.78, 5) is 0. The van der Waals surface area contributed by atoms with Crippen LogP contribution in [0.5, 0.6) is 0 Å². The second kappa shape index (κ2) is 11.4. The quantitative estimate of drug-likeness (QED) is 0.423. The molecule has 4 rings (SSSR count). The van der Waals surface area contributed by atoms with E-state index in [1.54, 1.807) is 17.6 Å². The number of halogens is 2. The number of hydrogen-bond donors (Lipinski definition) is 0. The summed E-state index contributed by atoms with van der Waals surface area (Å²) in [6.45, 7) is 26.3. The number of hydrogen-bond acceptors (Lipinski definition) is 0.